The highest BCUT2D eigenvalue weighted by Gasteiger charge is 2.36. The number of hydrogen-bond acceptors (Lipinski definition) is 3. The number of carbonyl (C=O) groups excluding carboxylic acids is 2. The molecule has 1 N–H and O–H groups in total. The summed E-state index contributed by atoms with van der Waals surface area (Å²) in [5, 5.41) is 2.74. The maximum atomic E-state index is 13.3. The minimum atomic E-state index is -4.45. The molecule has 2 amide bonds. The molecule has 0 aromatic heterocycles. The molecule has 0 bridgehead atoms. The van der Waals surface area contributed by atoms with Crippen molar-refractivity contribution in [2.75, 3.05) is 26.2 Å². The van der Waals surface area contributed by atoms with E-state index >= 15 is 0 Å². The Hall–Kier alpha value is -2.09. The van der Waals surface area contributed by atoms with Crippen LogP contribution in [-0.4, -0.2) is 53.8 Å². The molecule has 1 atom stereocenters. The first-order valence-electron chi connectivity index (χ1n) is 9.81. The molecule has 5 nitrogen and oxygen atoms in total. The third kappa shape index (κ3) is 5.04. The van der Waals surface area contributed by atoms with Crippen molar-refractivity contribution >= 4 is 11.8 Å². The highest BCUT2D eigenvalue weighted by Crippen LogP contribution is 2.33. The third-order valence-corrected chi connectivity index (χ3v) is 5.46. The number of halogens is 3. The van der Waals surface area contributed by atoms with Crippen LogP contribution < -0.4 is 5.32 Å². The average Bonchev–Trinajstić information content (AvgIpc) is 2.93. The predicted octanol–water partition coefficient (Wildman–Crippen LogP) is 2.80. The van der Waals surface area contributed by atoms with Crippen LogP contribution >= 0.6 is 0 Å². The first-order valence-corrected chi connectivity index (χ1v) is 9.81. The van der Waals surface area contributed by atoms with E-state index in [1.165, 1.54) is 12.1 Å². The van der Waals surface area contributed by atoms with Crippen LogP contribution in [0, 0.1) is 0 Å². The van der Waals surface area contributed by atoms with E-state index in [0.717, 1.165) is 31.7 Å². The number of piperazine rings is 1. The van der Waals surface area contributed by atoms with E-state index in [4.69, 9.17) is 0 Å². The third-order valence-electron chi connectivity index (χ3n) is 5.46. The van der Waals surface area contributed by atoms with Gasteiger partial charge in [0.15, 0.2) is 0 Å². The summed E-state index contributed by atoms with van der Waals surface area (Å²) in [7, 11) is 0. The molecule has 2 heterocycles. The number of hydrogen-bond donors (Lipinski definition) is 1. The molecule has 28 heavy (non-hydrogen) atoms. The van der Waals surface area contributed by atoms with Gasteiger partial charge in [0.2, 0.25) is 11.8 Å². The van der Waals surface area contributed by atoms with Crippen LogP contribution in [0.3, 0.4) is 0 Å². The Balaban J connectivity index is 1.74. The highest BCUT2D eigenvalue weighted by molar-refractivity contribution is 5.88. The van der Waals surface area contributed by atoms with Gasteiger partial charge in [0.1, 0.15) is 0 Å². The van der Waals surface area contributed by atoms with Gasteiger partial charge in [0.05, 0.1) is 18.0 Å². The molecule has 2 fully saturated rings. The quantitative estimate of drug-likeness (QED) is 0.850. The smallest absolute Gasteiger partial charge is 0.353 e. The summed E-state index contributed by atoms with van der Waals surface area (Å²) < 4.78 is 39.9. The molecule has 1 aromatic carbocycles. The molecule has 0 radical (unpaired) electrons. The second kappa shape index (κ2) is 8.94. The lowest BCUT2D eigenvalue weighted by atomic mass is 10.0. The molecule has 2 aliphatic heterocycles. The van der Waals surface area contributed by atoms with Crippen LogP contribution in [-0.2, 0) is 22.3 Å². The van der Waals surface area contributed by atoms with Gasteiger partial charge in [-0.3, -0.25) is 14.5 Å². The van der Waals surface area contributed by atoms with Crippen molar-refractivity contribution in [3.63, 3.8) is 0 Å². The monoisotopic (exact) mass is 397 g/mol. The van der Waals surface area contributed by atoms with Crippen molar-refractivity contribution in [1.29, 1.82) is 0 Å². The number of benzene rings is 1. The minimum Gasteiger partial charge on any atom is -0.353 e. The molecule has 2 saturated heterocycles. The van der Waals surface area contributed by atoms with Crippen molar-refractivity contribution in [3.8, 4) is 0 Å². The lowest BCUT2D eigenvalue weighted by Crippen LogP contribution is -2.56. The van der Waals surface area contributed by atoms with Crippen LogP contribution in [0.4, 0.5) is 13.2 Å². The molecule has 8 heteroatoms. The van der Waals surface area contributed by atoms with Gasteiger partial charge in [0.25, 0.3) is 0 Å². The lowest BCUT2D eigenvalue weighted by molar-refractivity contribution is -0.140. The van der Waals surface area contributed by atoms with Gasteiger partial charge in [-0.1, -0.05) is 31.0 Å². The summed E-state index contributed by atoms with van der Waals surface area (Å²) in [5.41, 5.74) is -0.574. The molecule has 154 valence electrons. The molecular weight excluding hydrogens is 371 g/mol. The normalized spacial score (nSPS) is 21.9. The Morgan fingerprint density at radius 3 is 2.43 bits per heavy atom. The summed E-state index contributed by atoms with van der Waals surface area (Å²) in [5.74, 6) is -0.392. The van der Waals surface area contributed by atoms with E-state index in [-0.39, 0.29) is 30.3 Å². The van der Waals surface area contributed by atoms with Gasteiger partial charge in [0, 0.05) is 32.7 Å². The van der Waals surface area contributed by atoms with Crippen molar-refractivity contribution in [1.82, 2.24) is 15.1 Å². The second-order valence-corrected chi connectivity index (χ2v) is 7.43. The van der Waals surface area contributed by atoms with Gasteiger partial charge in [-0.25, -0.2) is 0 Å². The van der Waals surface area contributed by atoms with Crippen LogP contribution in [0.25, 0.3) is 0 Å². The fourth-order valence-electron chi connectivity index (χ4n) is 3.94. The number of nitrogens with one attached hydrogen (secondary N) is 1. The maximum absolute atomic E-state index is 13.3. The summed E-state index contributed by atoms with van der Waals surface area (Å²) in [6.45, 7) is 2.13. The Morgan fingerprint density at radius 1 is 1.07 bits per heavy atom. The van der Waals surface area contributed by atoms with Gasteiger partial charge in [-0.15, -0.1) is 0 Å². The van der Waals surface area contributed by atoms with Crippen molar-refractivity contribution in [2.45, 2.75) is 50.9 Å². The Bertz CT molecular complexity index is 700. The molecule has 1 unspecified atom stereocenters. The molecule has 0 aliphatic carbocycles. The minimum absolute atomic E-state index is 0.0000180. The van der Waals surface area contributed by atoms with Gasteiger partial charge >= 0.3 is 6.18 Å². The van der Waals surface area contributed by atoms with E-state index in [2.05, 4.69) is 5.32 Å². The number of carbonyl (C=O) groups is 2. The summed E-state index contributed by atoms with van der Waals surface area (Å²) >= 11 is 0. The van der Waals surface area contributed by atoms with Crippen molar-refractivity contribution in [2.24, 2.45) is 0 Å². The number of rotatable bonds is 4. The zero-order valence-electron chi connectivity index (χ0n) is 15.8. The zero-order chi connectivity index (χ0) is 20.1. The molecular formula is C20H26F3N3O2. The van der Waals surface area contributed by atoms with Crippen LogP contribution in [0.2, 0.25) is 0 Å². The Labute approximate surface area is 162 Å². The lowest BCUT2D eigenvalue weighted by Gasteiger charge is -2.36. The summed E-state index contributed by atoms with van der Waals surface area (Å²) in [6, 6.07) is 4.66. The number of nitrogens with zero attached hydrogens (tertiary/aromatic N) is 2. The highest BCUT2D eigenvalue weighted by atomic mass is 19.4. The first kappa shape index (κ1) is 20.6. The standard InChI is InChI=1S/C20H26F3N3O2/c21-20(22,23)16-8-4-3-7-15(16)14-26-12-9-24-19(28)17(26)13-18(27)25-10-5-1-2-6-11-25/h3-4,7-8,17H,1-2,5-6,9-14H2,(H,24,28). The van der Waals surface area contributed by atoms with E-state index in [9.17, 15) is 22.8 Å². The number of likely N-dealkylation sites (tertiary alicyclic amines) is 1. The fraction of sp³-hybridized carbons (Fsp3) is 0.600. The van der Waals surface area contributed by atoms with E-state index in [1.54, 1.807) is 15.9 Å². The van der Waals surface area contributed by atoms with Gasteiger partial charge in [-0.2, -0.15) is 13.2 Å². The van der Waals surface area contributed by atoms with Crippen LogP contribution in [0.1, 0.15) is 43.2 Å². The Morgan fingerprint density at radius 2 is 1.75 bits per heavy atom. The van der Waals surface area contributed by atoms with Crippen LogP contribution in [0.15, 0.2) is 24.3 Å². The topological polar surface area (TPSA) is 52.7 Å². The summed E-state index contributed by atoms with van der Waals surface area (Å²) in [4.78, 5) is 28.6. The number of amides is 2. The number of alkyl halides is 3. The van der Waals surface area contributed by atoms with Gasteiger partial charge < -0.3 is 10.2 Å². The first-order chi connectivity index (χ1) is 13.4. The predicted molar refractivity (Wildman–Crippen MR) is 98.3 cm³/mol. The second-order valence-electron chi connectivity index (χ2n) is 7.43. The van der Waals surface area contributed by atoms with Crippen molar-refractivity contribution in [3.05, 3.63) is 35.4 Å². The van der Waals surface area contributed by atoms with Crippen LogP contribution in [0.5, 0.6) is 0 Å². The average molecular weight is 397 g/mol. The Kier molecular flexibility index (Phi) is 6.59. The zero-order valence-corrected chi connectivity index (χ0v) is 15.8. The van der Waals surface area contributed by atoms with Gasteiger partial charge in [-0.05, 0) is 24.5 Å². The SMILES string of the molecule is O=C1NCCN(Cc2ccccc2C(F)(F)F)C1CC(=O)N1CCCCCC1. The fourth-order valence-corrected chi connectivity index (χ4v) is 3.94. The van der Waals surface area contributed by atoms with Crippen molar-refractivity contribution < 1.29 is 22.8 Å². The molecule has 1 aromatic rings. The molecule has 0 saturated carbocycles. The van der Waals surface area contributed by atoms with E-state index < -0.39 is 17.8 Å². The maximum Gasteiger partial charge on any atom is 0.416 e. The van der Waals surface area contributed by atoms with E-state index in [1.807, 2.05) is 0 Å². The summed E-state index contributed by atoms with van der Waals surface area (Å²) in [6.07, 6.45) is -0.370. The largest absolute Gasteiger partial charge is 0.416 e. The molecule has 2 aliphatic rings. The molecule has 0 spiro atoms. The molecule has 3 rings (SSSR count). The van der Waals surface area contributed by atoms with E-state index in [0.29, 0.717) is 26.2 Å².